The third kappa shape index (κ3) is 6.40. The highest BCUT2D eigenvalue weighted by molar-refractivity contribution is 5.33. The molecule has 3 aliphatic rings. The van der Waals surface area contributed by atoms with E-state index in [-0.39, 0.29) is 0 Å². The van der Waals surface area contributed by atoms with E-state index < -0.39 is 0 Å². The van der Waals surface area contributed by atoms with Crippen LogP contribution >= 0.6 is 0 Å². The Hall–Kier alpha value is -1.70. The van der Waals surface area contributed by atoms with Gasteiger partial charge >= 0.3 is 0 Å². The molecular weight excluding hydrogens is 364 g/mol. The summed E-state index contributed by atoms with van der Waals surface area (Å²) in [4.78, 5) is 8.88. The summed E-state index contributed by atoms with van der Waals surface area (Å²) in [6, 6.07) is 6.75. The van der Waals surface area contributed by atoms with Crippen LogP contribution in [-0.4, -0.2) is 9.97 Å². The number of aromatic nitrogens is 2. The van der Waals surface area contributed by atoms with Crippen molar-refractivity contribution in [3.63, 3.8) is 0 Å². The van der Waals surface area contributed by atoms with Crippen molar-refractivity contribution in [3.05, 3.63) is 58.0 Å². The predicted molar refractivity (Wildman–Crippen MR) is 128 cm³/mol. The number of nitrogens with zero attached hydrogens (tertiary/aromatic N) is 2. The van der Waals surface area contributed by atoms with E-state index >= 15 is 0 Å². The Morgan fingerprint density at radius 2 is 1.53 bits per heavy atom. The summed E-state index contributed by atoms with van der Waals surface area (Å²) >= 11 is 0. The Balaban J connectivity index is 0.000000196. The molecule has 0 bridgehead atoms. The highest BCUT2D eigenvalue weighted by Crippen LogP contribution is 2.37. The van der Waals surface area contributed by atoms with Gasteiger partial charge in [-0.15, -0.1) is 0 Å². The third-order valence-electron chi connectivity index (χ3n) is 7.04. The smallest absolute Gasteiger partial charge is 0.127 e. The lowest BCUT2D eigenvalue weighted by Gasteiger charge is -2.28. The Bertz CT molecular complexity index is 832. The Morgan fingerprint density at radius 3 is 2.07 bits per heavy atom. The zero-order chi connectivity index (χ0) is 21.2. The van der Waals surface area contributed by atoms with Crippen molar-refractivity contribution in [2.45, 2.75) is 110 Å². The lowest BCUT2D eigenvalue weighted by Crippen LogP contribution is -2.14. The van der Waals surface area contributed by atoms with Gasteiger partial charge in [-0.3, -0.25) is 0 Å². The van der Waals surface area contributed by atoms with Gasteiger partial charge in [0.15, 0.2) is 0 Å². The van der Waals surface area contributed by atoms with Crippen LogP contribution in [0.5, 0.6) is 0 Å². The standard InChI is InChI=1S/C17H28N2.C11H14/c1-3-5-6-7-14-8-10-15(11-9-14)16-12-18-17(4-2)19-13-16;1-2-3-4-5-9-8-10-6-7-11(9)10/h12-15H,3-11H2,1-2H3;6-8H,2-5H2,1H3. The van der Waals surface area contributed by atoms with Crippen LogP contribution in [-0.2, 0) is 12.8 Å². The molecule has 164 valence electrons. The maximum atomic E-state index is 4.44. The largest absolute Gasteiger partial charge is 0.241 e. The molecule has 1 aromatic rings. The van der Waals surface area contributed by atoms with E-state index in [1.165, 1.54) is 87.8 Å². The number of hydrogen-bond donors (Lipinski definition) is 0. The fourth-order valence-corrected chi connectivity index (χ4v) is 4.87. The van der Waals surface area contributed by atoms with E-state index in [9.17, 15) is 0 Å². The summed E-state index contributed by atoms with van der Waals surface area (Å²) in [5.74, 6) is 2.67. The number of aryl methyl sites for hydroxylation is 2. The number of unbranched alkanes of at least 4 members (excludes halogenated alkanes) is 4. The molecular formula is C28H42N2. The highest BCUT2D eigenvalue weighted by atomic mass is 14.9. The van der Waals surface area contributed by atoms with E-state index in [1.807, 2.05) is 0 Å². The summed E-state index contributed by atoms with van der Waals surface area (Å²) in [6.07, 6.45) is 21.6. The minimum Gasteiger partial charge on any atom is -0.241 e. The minimum atomic E-state index is 0.716. The molecule has 30 heavy (non-hydrogen) atoms. The van der Waals surface area contributed by atoms with Gasteiger partial charge in [0.05, 0.1) is 0 Å². The van der Waals surface area contributed by atoms with E-state index in [0.717, 1.165) is 18.2 Å². The molecule has 0 saturated heterocycles. The van der Waals surface area contributed by atoms with Crippen LogP contribution in [0.4, 0.5) is 0 Å². The molecule has 0 N–H and O–H groups in total. The first kappa shape index (κ1) is 23.0. The molecule has 0 spiro atoms. The molecule has 0 radical (unpaired) electrons. The normalized spacial score (nSPS) is 19.2. The fraction of sp³-hybridized carbons (Fsp3) is 0.643. The molecule has 2 nitrogen and oxygen atoms in total. The van der Waals surface area contributed by atoms with Crippen LogP contribution in [0.1, 0.15) is 114 Å². The van der Waals surface area contributed by atoms with Crippen molar-refractivity contribution >= 4 is 0 Å². The SMILES string of the molecule is CCCCCC1CCC(c2cnc(CC)nc2)CC1.CCCCCc1cc2ccc1=2. The average Bonchev–Trinajstić information content (AvgIpc) is 2.78. The third-order valence-corrected chi connectivity index (χ3v) is 7.04. The van der Waals surface area contributed by atoms with Gasteiger partial charge in [0.25, 0.3) is 0 Å². The van der Waals surface area contributed by atoms with Gasteiger partial charge in [-0.25, -0.2) is 9.97 Å². The first-order chi connectivity index (χ1) is 14.7. The molecule has 1 fully saturated rings. The Morgan fingerprint density at radius 1 is 0.833 bits per heavy atom. The molecule has 0 aromatic carbocycles. The van der Waals surface area contributed by atoms with E-state index in [1.54, 1.807) is 10.8 Å². The molecule has 1 aromatic heterocycles. The topological polar surface area (TPSA) is 25.8 Å². The van der Waals surface area contributed by atoms with Crippen LogP contribution in [0, 0.1) is 16.4 Å². The van der Waals surface area contributed by atoms with Crippen molar-refractivity contribution in [1.29, 1.82) is 0 Å². The quantitative estimate of drug-likeness (QED) is 0.320. The molecule has 4 rings (SSSR count). The molecule has 2 heteroatoms. The monoisotopic (exact) mass is 406 g/mol. The van der Waals surface area contributed by atoms with Gasteiger partial charge in [0.1, 0.15) is 5.82 Å². The first-order valence-corrected chi connectivity index (χ1v) is 12.7. The van der Waals surface area contributed by atoms with Crippen molar-refractivity contribution in [2.24, 2.45) is 5.92 Å². The number of rotatable bonds is 10. The van der Waals surface area contributed by atoms with Gasteiger partial charge in [-0.05, 0) is 71.9 Å². The Labute approximate surface area is 184 Å². The second-order valence-electron chi connectivity index (χ2n) is 9.33. The van der Waals surface area contributed by atoms with Crippen LogP contribution in [0.3, 0.4) is 0 Å². The highest BCUT2D eigenvalue weighted by Gasteiger charge is 2.22. The molecule has 1 heterocycles. The molecule has 0 amide bonds. The van der Waals surface area contributed by atoms with Crippen LogP contribution in [0.25, 0.3) is 0 Å². The lowest BCUT2D eigenvalue weighted by molar-refractivity contribution is 0.302. The van der Waals surface area contributed by atoms with Crippen LogP contribution in [0.2, 0.25) is 0 Å². The van der Waals surface area contributed by atoms with Gasteiger partial charge < -0.3 is 0 Å². The van der Waals surface area contributed by atoms with E-state index in [4.69, 9.17) is 0 Å². The number of benzene rings is 1. The van der Waals surface area contributed by atoms with E-state index in [2.05, 4.69) is 61.3 Å². The predicted octanol–water partition coefficient (Wildman–Crippen LogP) is 7.91. The molecule has 3 aliphatic carbocycles. The zero-order valence-electron chi connectivity index (χ0n) is 19.6. The van der Waals surface area contributed by atoms with Gasteiger partial charge in [-0.1, -0.05) is 77.5 Å². The molecule has 0 aliphatic heterocycles. The summed E-state index contributed by atoms with van der Waals surface area (Å²) < 4.78 is 0. The van der Waals surface area contributed by atoms with Crippen molar-refractivity contribution in [3.8, 4) is 0 Å². The van der Waals surface area contributed by atoms with Crippen molar-refractivity contribution < 1.29 is 0 Å². The van der Waals surface area contributed by atoms with Crippen LogP contribution < -0.4 is 0 Å². The van der Waals surface area contributed by atoms with Crippen LogP contribution in [0.15, 0.2) is 30.6 Å². The average molecular weight is 407 g/mol. The maximum Gasteiger partial charge on any atom is 0.127 e. The molecule has 1 saturated carbocycles. The lowest BCUT2D eigenvalue weighted by atomic mass is 9.77. The summed E-state index contributed by atoms with van der Waals surface area (Å²) in [5, 5.41) is 3.03. The van der Waals surface area contributed by atoms with Gasteiger partial charge in [0.2, 0.25) is 0 Å². The summed E-state index contributed by atoms with van der Waals surface area (Å²) in [5.41, 5.74) is 2.96. The Kier molecular flexibility index (Phi) is 9.36. The minimum absolute atomic E-state index is 0.716. The molecule has 0 unspecified atom stereocenters. The van der Waals surface area contributed by atoms with Gasteiger partial charge in [0, 0.05) is 18.8 Å². The summed E-state index contributed by atoms with van der Waals surface area (Å²) in [7, 11) is 0. The second-order valence-corrected chi connectivity index (χ2v) is 9.33. The fourth-order valence-electron chi connectivity index (χ4n) is 4.87. The van der Waals surface area contributed by atoms with E-state index in [0.29, 0.717) is 5.92 Å². The first-order valence-electron chi connectivity index (χ1n) is 12.7. The number of hydrogen-bond acceptors (Lipinski definition) is 2. The second kappa shape index (κ2) is 12.2. The zero-order valence-corrected chi connectivity index (χ0v) is 19.6. The van der Waals surface area contributed by atoms with Crippen molar-refractivity contribution in [1.82, 2.24) is 9.97 Å². The summed E-state index contributed by atoms with van der Waals surface area (Å²) in [6.45, 7) is 6.65. The van der Waals surface area contributed by atoms with Gasteiger partial charge in [-0.2, -0.15) is 0 Å². The maximum absolute atomic E-state index is 4.44. The van der Waals surface area contributed by atoms with Crippen molar-refractivity contribution in [2.75, 3.05) is 0 Å². The molecule has 0 atom stereocenters.